The van der Waals surface area contributed by atoms with E-state index in [1.54, 1.807) is 0 Å². The van der Waals surface area contributed by atoms with Gasteiger partial charge in [0, 0.05) is 39.9 Å². The number of pyridine rings is 2. The second-order valence-corrected chi connectivity index (χ2v) is 13.3. The van der Waals surface area contributed by atoms with Gasteiger partial charge in [-0.05, 0) is 112 Å². The number of benzene rings is 7. The summed E-state index contributed by atoms with van der Waals surface area (Å²) < 4.78 is 6.09. The van der Waals surface area contributed by atoms with Crippen molar-refractivity contribution in [2.45, 2.75) is 0 Å². The molecule has 0 bridgehead atoms. The van der Waals surface area contributed by atoms with Gasteiger partial charge < -0.3 is 9.32 Å². The van der Waals surface area contributed by atoms with Crippen LogP contribution >= 0.6 is 0 Å². The Morgan fingerprint density at radius 2 is 1.02 bits per heavy atom. The van der Waals surface area contributed by atoms with Crippen LogP contribution in [0.4, 0.5) is 17.1 Å². The normalized spacial score (nSPS) is 11.3. The summed E-state index contributed by atoms with van der Waals surface area (Å²) in [5.41, 5.74) is 13.8. The quantitative estimate of drug-likeness (QED) is 0.166. The van der Waals surface area contributed by atoms with Gasteiger partial charge in [0.05, 0.1) is 16.7 Å². The van der Waals surface area contributed by atoms with Gasteiger partial charge in [-0.1, -0.05) is 103 Å². The molecule has 3 heterocycles. The van der Waals surface area contributed by atoms with E-state index >= 15 is 0 Å². The summed E-state index contributed by atoms with van der Waals surface area (Å²) in [6.07, 6.45) is 1.83. The molecule has 254 valence electrons. The molecule has 0 aliphatic heterocycles. The Kier molecular flexibility index (Phi) is 7.73. The number of rotatable bonds is 7. The molecule has 0 N–H and O–H groups in total. The van der Waals surface area contributed by atoms with Crippen molar-refractivity contribution in [2.75, 3.05) is 4.90 Å². The molecular formula is C49H32N4O. The molecule has 0 saturated heterocycles. The molecule has 0 amide bonds. The van der Waals surface area contributed by atoms with Crippen molar-refractivity contribution in [3.63, 3.8) is 0 Å². The second-order valence-electron chi connectivity index (χ2n) is 13.3. The van der Waals surface area contributed by atoms with E-state index in [0.717, 1.165) is 72.7 Å². The van der Waals surface area contributed by atoms with Gasteiger partial charge in [-0.2, -0.15) is 0 Å². The number of para-hydroxylation sites is 2. The standard InChI is InChI=1S/C49H32N4O/c1-2-10-35(11-3-1)43-32-46(51-45-14-8-30-50-48(43)45)36-20-26-41(27-21-36)53(42-28-22-37(23-29-42)49-52-44-13-6-7-15-47(44)54-49)40-24-18-34(19-25-40)39-17-16-33-9-4-5-12-38(33)31-39/h1-32H. The fourth-order valence-electron chi connectivity index (χ4n) is 7.20. The zero-order valence-corrected chi connectivity index (χ0v) is 29.2. The molecule has 10 aromatic rings. The maximum absolute atomic E-state index is 6.09. The van der Waals surface area contributed by atoms with Crippen LogP contribution < -0.4 is 4.90 Å². The van der Waals surface area contributed by atoms with Crippen LogP contribution in [0.25, 0.3) is 77.9 Å². The third kappa shape index (κ3) is 5.84. The average molecular weight is 693 g/mol. The van der Waals surface area contributed by atoms with Crippen LogP contribution in [0.1, 0.15) is 0 Å². The summed E-state index contributed by atoms with van der Waals surface area (Å²) in [5, 5.41) is 2.47. The first-order valence-electron chi connectivity index (χ1n) is 18.0. The number of hydrogen-bond donors (Lipinski definition) is 0. The number of nitrogens with zero attached hydrogens (tertiary/aromatic N) is 4. The van der Waals surface area contributed by atoms with Crippen LogP contribution in [0, 0.1) is 0 Å². The van der Waals surface area contributed by atoms with E-state index in [1.165, 1.54) is 16.3 Å². The summed E-state index contributed by atoms with van der Waals surface area (Å²) in [6.45, 7) is 0. The maximum Gasteiger partial charge on any atom is 0.227 e. The van der Waals surface area contributed by atoms with Crippen LogP contribution in [0.15, 0.2) is 199 Å². The highest BCUT2D eigenvalue weighted by Gasteiger charge is 2.16. The highest BCUT2D eigenvalue weighted by atomic mass is 16.3. The van der Waals surface area contributed by atoms with Crippen molar-refractivity contribution in [1.82, 2.24) is 15.0 Å². The Bertz CT molecular complexity index is 2880. The van der Waals surface area contributed by atoms with Crippen LogP contribution in [0.2, 0.25) is 0 Å². The van der Waals surface area contributed by atoms with E-state index in [4.69, 9.17) is 19.4 Å². The molecule has 0 unspecified atom stereocenters. The van der Waals surface area contributed by atoms with E-state index in [1.807, 2.05) is 48.7 Å². The fourth-order valence-corrected chi connectivity index (χ4v) is 7.20. The molecule has 0 fully saturated rings. The van der Waals surface area contributed by atoms with Crippen molar-refractivity contribution < 1.29 is 4.42 Å². The third-order valence-corrected chi connectivity index (χ3v) is 9.94. The lowest BCUT2D eigenvalue weighted by Gasteiger charge is -2.26. The summed E-state index contributed by atoms with van der Waals surface area (Å²) >= 11 is 0. The van der Waals surface area contributed by atoms with Crippen LogP contribution in [0.3, 0.4) is 0 Å². The Balaban J connectivity index is 1.04. The topological polar surface area (TPSA) is 55.1 Å². The van der Waals surface area contributed by atoms with Crippen LogP contribution in [-0.2, 0) is 0 Å². The van der Waals surface area contributed by atoms with Gasteiger partial charge in [-0.3, -0.25) is 4.98 Å². The predicted molar refractivity (Wildman–Crippen MR) is 221 cm³/mol. The number of aromatic nitrogens is 3. The minimum absolute atomic E-state index is 0.603. The van der Waals surface area contributed by atoms with Crippen molar-refractivity contribution in [3.8, 4) is 45.0 Å². The van der Waals surface area contributed by atoms with E-state index in [0.29, 0.717) is 5.89 Å². The van der Waals surface area contributed by atoms with E-state index in [9.17, 15) is 0 Å². The van der Waals surface area contributed by atoms with Gasteiger partial charge in [-0.25, -0.2) is 9.97 Å². The smallest absolute Gasteiger partial charge is 0.227 e. The van der Waals surface area contributed by atoms with Gasteiger partial charge in [0.2, 0.25) is 5.89 Å². The molecular weight excluding hydrogens is 661 g/mol. The molecule has 0 aliphatic rings. The van der Waals surface area contributed by atoms with E-state index < -0.39 is 0 Å². The Hall–Kier alpha value is -7.37. The monoisotopic (exact) mass is 692 g/mol. The Morgan fingerprint density at radius 3 is 1.76 bits per heavy atom. The van der Waals surface area contributed by atoms with Crippen molar-refractivity contribution >= 4 is 50.0 Å². The minimum Gasteiger partial charge on any atom is -0.436 e. The number of hydrogen-bond acceptors (Lipinski definition) is 5. The number of oxazole rings is 1. The largest absolute Gasteiger partial charge is 0.436 e. The van der Waals surface area contributed by atoms with Crippen LogP contribution in [0.5, 0.6) is 0 Å². The molecule has 3 aromatic heterocycles. The molecule has 54 heavy (non-hydrogen) atoms. The lowest BCUT2D eigenvalue weighted by Crippen LogP contribution is -2.09. The third-order valence-electron chi connectivity index (χ3n) is 9.94. The fraction of sp³-hybridized carbons (Fsp3) is 0. The molecule has 5 heteroatoms. The maximum atomic E-state index is 6.09. The van der Waals surface area contributed by atoms with Gasteiger partial charge in [0.25, 0.3) is 0 Å². The van der Waals surface area contributed by atoms with Crippen molar-refractivity contribution in [2.24, 2.45) is 0 Å². The summed E-state index contributed by atoms with van der Waals surface area (Å²) in [6, 6.07) is 65.3. The molecule has 5 nitrogen and oxygen atoms in total. The lowest BCUT2D eigenvalue weighted by atomic mass is 10.0. The molecule has 0 spiro atoms. The van der Waals surface area contributed by atoms with Gasteiger partial charge in [0.15, 0.2) is 5.58 Å². The highest BCUT2D eigenvalue weighted by Crippen LogP contribution is 2.39. The molecule has 0 aliphatic carbocycles. The predicted octanol–water partition coefficient (Wildman–Crippen LogP) is 13.1. The molecule has 10 rings (SSSR count). The summed E-state index contributed by atoms with van der Waals surface area (Å²) in [7, 11) is 0. The highest BCUT2D eigenvalue weighted by molar-refractivity contribution is 5.94. The van der Waals surface area contributed by atoms with E-state index in [-0.39, 0.29) is 0 Å². The number of fused-ring (bicyclic) bond motifs is 3. The first-order valence-corrected chi connectivity index (χ1v) is 18.0. The summed E-state index contributed by atoms with van der Waals surface area (Å²) in [4.78, 5) is 16.7. The Labute approximate surface area is 312 Å². The average Bonchev–Trinajstić information content (AvgIpc) is 3.69. The Morgan fingerprint density at radius 1 is 0.407 bits per heavy atom. The SMILES string of the molecule is c1ccc(-c2cc(-c3ccc(N(c4ccc(-c5ccc6ccccc6c5)cc4)c4ccc(-c5nc6ccccc6o5)cc4)cc3)nc3cccnc23)cc1. The zero-order chi connectivity index (χ0) is 35.8. The molecule has 0 atom stereocenters. The van der Waals surface area contributed by atoms with Gasteiger partial charge in [-0.15, -0.1) is 0 Å². The zero-order valence-electron chi connectivity index (χ0n) is 29.2. The summed E-state index contributed by atoms with van der Waals surface area (Å²) in [5.74, 6) is 0.603. The lowest BCUT2D eigenvalue weighted by molar-refractivity contribution is 0.620. The first kappa shape index (κ1) is 31.4. The van der Waals surface area contributed by atoms with Crippen molar-refractivity contribution in [3.05, 3.63) is 194 Å². The second kappa shape index (κ2) is 13.3. The van der Waals surface area contributed by atoms with Crippen LogP contribution in [-0.4, -0.2) is 15.0 Å². The van der Waals surface area contributed by atoms with Crippen molar-refractivity contribution in [1.29, 1.82) is 0 Å². The van der Waals surface area contributed by atoms with Gasteiger partial charge >= 0.3 is 0 Å². The van der Waals surface area contributed by atoms with Gasteiger partial charge in [0.1, 0.15) is 5.52 Å². The first-order chi connectivity index (χ1) is 26.7. The minimum atomic E-state index is 0.603. The molecule has 0 saturated carbocycles. The number of anilines is 3. The van der Waals surface area contributed by atoms with E-state index in [2.05, 4.69) is 150 Å². The molecule has 0 radical (unpaired) electrons. The molecule has 7 aromatic carbocycles.